The fourth-order valence-corrected chi connectivity index (χ4v) is 24.7. The summed E-state index contributed by atoms with van der Waals surface area (Å²) in [6.07, 6.45) is 10.4. The number of benzene rings is 1. The molecule has 4 rings (SSSR count). The third-order valence-corrected chi connectivity index (χ3v) is 25.7. The first-order chi connectivity index (χ1) is 17.3. The summed E-state index contributed by atoms with van der Waals surface area (Å²) in [6, 6.07) is 11.4. The van der Waals surface area contributed by atoms with E-state index in [2.05, 4.69) is 147 Å². The Hall–Kier alpha value is -1.49. The van der Waals surface area contributed by atoms with Crippen LogP contribution in [0.25, 0.3) is 26.3 Å². The molecule has 0 amide bonds. The van der Waals surface area contributed by atoms with Crippen molar-refractivity contribution in [2.75, 3.05) is 0 Å². The summed E-state index contributed by atoms with van der Waals surface area (Å²) in [6.45, 7) is 29.8. The largest absolute Gasteiger partial charge is 0.378 e. The predicted molar refractivity (Wildman–Crippen MR) is 174 cm³/mol. The van der Waals surface area contributed by atoms with Gasteiger partial charge in [0.2, 0.25) is 0 Å². The Labute approximate surface area is 229 Å². The molecule has 2 nitrogen and oxygen atoms in total. The average Bonchev–Trinajstić information content (AvgIpc) is 3.45. The Balaban J connectivity index is 2.12. The number of hydrogen-bond acceptors (Lipinski definition) is 0. The summed E-state index contributed by atoms with van der Waals surface area (Å²) in [5, 5.41) is 7.69. The van der Waals surface area contributed by atoms with Crippen LogP contribution in [0.3, 0.4) is 0 Å². The van der Waals surface area contributed by atoms with Crippen molar-refractivity contribution in [3.63, 3.8) is 0 Å². The summed E-state index contributed by atoms with van der Waals surface area (Å²) >= 11 is 0. The van der Waals surface area contributed by atoms with Crippen LogP contribution in [0.4, 0.5) is 0 Å². The first-order valence-corrected chi connectivity index (χ1v) is 20.3. The van der Waals surface area contributed by atoms with Crippen LogP contribution in [-0.2, 0) is 0 Å². The maximum Gasteiger partial charge on any atom is 0.168 e. The van der Waals surface area contributed by atoms with Crippen molar-refractivity contribution in [3.05, 3.63) is 55.1 Å². The van der Waals surface area contributed by atoms with Crippen LogP contribution in [0.1, 0.15) is 83.1 Å². The van der Waals surface area contributed by atoms with Crippen LogP contribution in [0.15, 0.2) is 55.1 Å². The van der Waals surface area contributed by atoms with Gasteiger partial charge >= 0.3 is 0 Å². The number of fused-ring (bicyclic) bond motifs is 3. The van der Waals surface area contributed by atoms with E-state index in [1.807, 2.05) is 0 Å². The summed E-state index contributed by atoms with van der Waals surface area (Å²) in [5.41, 5.74) is 4.14. The third kappa shape index (κ3) is 4.08. The topological polar surface area (TPSA) is 9.86 Å². The monoisotopic (exact) mass is 550 g/mol. The minimum absolute atomic E-state index is 0.537. The van der Waals surface area contributed by atoms with Crippen LogP contribution in [0, 0.1) is 0 Å². The molecule has 0 bridgehead atoms. The van der Waals surface area contributed by atoms with Gasteiger partial charge in [-0.3, -0.25) is 0 Å². The molecule has 0 saturated carbocycles. The van der Waals surface area contributed by atoms with Crippen molar-refractivity contribution in [2.45, 2.75) is 116 Å². The lowest BCUT2D eigenvalue weighted by Gasteiger charge is -2.44. The van der Waals surface area contributed by atoms with Crippen molar-refractivity contribution in [2.24, 2.45) is 0 Å². The van der Waals surface area contributed by atoms with Gasteiger partial charge in [-0.2, -0.15) is 0 Å². The molecule has 0 N–H and O–H groups in total. The van der Waals surface area contributed by atoms with Gasteiger partial charge in [-0.05, 0) is 38.6 Å². The van der Waals surface area contributed by atoms with E-state index in [9.17, 15) is 0 Å². The lowest BCUT2D eigenvalue weighted by molar-refractivity contribution is 0.766. The number of rotatable bonds is 9. The van der Waals surface area contributed by atoms with E-state index in [0.29, 0.717) is 33.2 Å². The van der Waals surface area contributed by atoms with Crippen LogP contribution in [0.2, 0.25) is 33.2 Å². The Kier molecular flexibility index (Phi) is 7.90. The second-order valence-corrected chi connectivity index (χ2v) is 27.0. The summed E-state index contributed by atoms with van der Waals surface area (Å²) in [7, 11) is -4.14. The van der Waals surface area contributed by atoms with Crippen molar-refractivity contribution in [1.29, 1.82) is 0 Å². The number of aromatic nitrogens is 2. The van der Waals surface area contributed by atoms with Gasteiger partial charge in [0.15, 0.2) is 16.5 Å². The normalized spacial score (nSPS) is 13.8. The van der Waals surface area contributed by atoms with Gasteiger partial charge in [0.1, 0.15) is 0 Å². The molecular weight excluding hydrogens is 500 g/mol. The molecule has 37 heavy (non-hydrogen) atoms. The molecular formula is C32H51N2PSi2. The van der Waals surface area contributed by atoms with E-state index >= 15 is 0 Å². The van der Waals surface area contributed by atoms with Gasteiger partial charge in [0, 0.05) is 45.8 Å². The molecule has 0 fully saturated rings. The highest BCUT2D eigenvalue weighted by Gasteiger charge is 2.47. The maximum atomic E-state index is 2.79. The zero-order chi connectivity index (χ0) is 27.4. The van der Waals surface area contributed by atoms with E-state index in [4.69, 9.17) is 0 Å². The fourth-order valence-electron chi connectivity index (χ4n) is 8.88. The van der Waals surface area contributed by atoms with Gasteiger partial charge in [0.05, 0.1) is 0 Å². The van der Waals surface area contributed by atoms with E-state index in [1.54, 1.807) is 10.2 Å². The average molecular weight is 551 g/mol. The van der Waals surface area contributed by atoms with Crippen LogP contribution in [-0.4, -0.2) is 24.9 Å². The lowest BCUT2D eigenvalue weighted by Crippen LogP contribution is -2.51. The molecule has 5 heteroatoms. The Morgan fingerprint density at radius 2 is 0.811 bits per heavy atom. The highest BCUT2D eigenvalue weighted by atomic mass is 31.1. The van der Waals surface area contributed by atoms with Crippen molar-refractivity contribution < 1.29 is 0 Å². The molecule has 0 aliphatic carbocycles. The molecule has 4 aromatic rings. The smallest absolute Gasteiger partial charge is 0.168 e. The Morgan fingerprint density at radius 3 is 1.11 bits per heavy atom. The molecule has 1 aromatic carbocycles. The third-order valence-electron chi connectivity index (χ3n) is 9.84. The van der Waals surface area contributed by atoms with E-state index in [1.165, 1.54) is 16.1 Å². The first-order valence-electron chi connectivity index (χ1n) is 14.6. The second-order valence-electron chi connectivity index (χ2n) is 13.3. The molecule has 0 saturated heterocycles. The van der Waals surface area contributed by atoms with Crippen LogP contribution < -0.4 is 0 Å². The zero-order valence-electron chi connectivity index (χ0n) is 25.5. The van der Waals surface area contributed by atoms with E-state index in [-0.39, 0.29) is 0 Å². The summed E-state index contributed by atoms with van der Waals surface area (Å²) in [5.74, 6) is 0. The molecule has 0 unspecified atom stereocenters. The standard InChI is InChI=1S/C32H51N2PSi2/c1-22(2)36(23(3)4,24(5)6)33-18-29-30-19-34(37(25(7)8,26(9)10)27(11)12)21-32(30)35(31(29)20-33)28-16-14-13-15-17-28/h13-27H,1-12H3. The van der Waals surface area contributed by atoms with Gasteiger partial charge in [-0.25, -0.2) is 0 Å². The molecule has 0 radical (unpaired) electrons. The van der Waals surface area contributed by atoms with Gasteiger partial charge < -0.3 is 8.47 Å². The summed E-state index contributed by atoms with van der Waals surface area (Å²) < 4.78 is 5.57. The Bertz CT molecular complexity index is 1220. The first kappa shape index (κ1) is 28.5. The SMILES string of the molecule is CC(C)[Si](C(C)C)(C(C)C)n1cc2c3cn([Si](C(C)C)(C(C)C)C(C)C)cc3p(-c3ccccc3)c2c1. The number of hydrogen-bond donors (Lipinski definition) is 0. The Morgan fingerprint density at radius 1 is 0.486 bits per heavy atom. The number of nitrogens with zero attached hydrogens (tertiary/aromatic N) is 2. The minimum atomic E-state index is -1.80. The fraction of sp³-hybridized carbons (Fsp3) is 0.562. The van der Waals surface area contributed by atoms with Crippen molar-refractivity contribution in [3.8, 4) is 5.30 Å². The molecule has 3 heterocycles. The molecule has 0 atom stereocenters. The van der Waals surface area contributed by atoms with Crippen molar-refractivity contribution >= 4 is 45.0 Å². The molecule has 3 aromatic heterocycles. The molecule has 0 spiro atoms. The minimum Gasteiger partial charge on any atom is -0.378 e. The maximum absolute atomic E-state index is 2.79. The molecule has 0 aliphatic rings. The predicted octanol–water partition coefficient (Wildman–Crippen LogP) is 11.6. The molecule has 0 aliphatic heterocycles. The highest BCUT2D eigenvalue weighted by molar-refractivity contribution is 7.68. The highest BCUT2D eigenvalue weighted by Crippen LogP contribution is 2.58. The van der Waals surface area contributed by atoms with Crippen LogP contribution in [0.5, 0.6) is 0 Å². The van der Waals surface area contributed by atoms with E-state index in [0.717, 1.165) is 0 Å². The quantitative estimate of drug-likeness (QED) is 0.183. The van der Waals surface area contributed by atoms with Crippen LogP contribution >= 0.6 is 7.53 Å². The lowest BCUT2D eigenvalue weighted by atomic mass is 10.3. The van der Waals surface area contributed by atoms with Crippen molar-refractivity contribution in [1.82, 2.24) is 8.47 Å². The van der Waals surface area contributed by atoms with Gasteiger partial charge in [-0.15, -0.1) is 0 Å². The summed E-state index contributed by atoms with van der Waals surface area (Å²) in [4.78, 5) is 0. The molecule has 202 valence electrons. The van der Waals surface area contributed by atoms with Gasteiger partial charge in [0.25, 0.3) is 0 Å². The zero-order valence-corrected chi connectivity index (χ0v) is 28.4. The van der Waals surface area contributed by atoms with Gasteiger partial charge in [-0.1, -0.05) is 121 Å². The second kappa shape index (κ2) is 10.2. The van der Waals surface area contributed by atoms with E-state index < -0.39 is 24.0 Å².